The van der Waals surface area contributed by atoms with Gasteiger partial charge in [-0.05, 0) is 49.7 Å². The van der Waals surface area contributed by atoms with Gasteiger partial charge in [0.05, 0.1) is 22.1 Å². The summed E-state index contributed by atoms with van der Waals surface area (Å²) in [7, 11) is -4.38. The predicted molar refractivity (Wildman–Crippen MR) is 84.3 cm³/mol. The van der Waals surface area contributed by atoms with E-state index in [1.807, 2.05) is 0 Å². The molecule has 27 heavy (non-hydrogen) atoms. The Morgan fingerprint density at radius 2 is 1.30 bits per heavy atom. The van der Waals surface area contributed by atoms with Crippen LogP contribution in [0.15, 0.2) is 47.4 Å². The summed E-state index contributed by atoms with van der Waals surface area (Å²) in [5.41, 5.74) is -2.89. The van der Waals surface area contributed by atoms with Crippen molar-refractivity contribution in [3.8, 4) is 0 Å². The maximum absolute atomic E-state index is 12.9. The smallest absolute Gasteiger partial charge is 0.258 e. The van der Waals surface area contributed by atoms with Crippen LogP contribution in [0.4, 0.5) is 26.3 Å². The van der Waals surface area contributed by atoms with Gasteiger partial charge in [-0.2, -0.15) is 34.8 Å². The molecule has 2 rings (SSSR count). The zero-order valence-corrected chi connectivity index (χ0v) is 14.8. The number of rotatable bonds is 4. The average Bonchev–Trinajstić information content (AvgIpc) is 2.52. The molecule has 0 unspecified atom stereocenters. The van der Waals surface area contributed by atoms with E-state index in [4.69, 9.17) is 4.18 Å². The van der Waals surface area contributed by atoms with E-state index in [0.717, 1.165) is 12.5 Å². The Morgan fingerprint density at radius 1 is 0.852 bits per heavy atom. The average molecular weight is 412 g/mol. The van der Waals surface area contributed by atoms with Gasteiger partial charge in [0.15, 0.2) is 0 Å². The molecule has 0 spiro atoms. The van der Waals surface area contributed by atoms with Crippen molar-refractivity contribution in [2.24, 2.45) is 0 Å². The topological polar surface area (TPSA) is 43.4 Å². The number of benzene rings is 2. The quantitative estimate of drug-likeness (QED) is 0.492. The highest BCUT2D eigenvalue weighted by atomic mass is 32.2. The lowest BCUT2D eigenvalue weighted by molar-refractivity contribution is -0.143. The van der Waals surface area contributed by atoms with Crippen LogP contribution in [0.1, 0.15) is 35.3 Å². The predicted octanol–water partition coefficient (Wildman–Crippen LogP) is 5.50. The van der Waals surface area contributed by atoms with Gasteiger partial charge in [-0.15, -0.1) is 0 Å². The lowest BCUT2D eigenvalue weighted by Gasteiger charge is -2.18. The summed E-state index contributed by atoms with van der Waals surface area (Å²) in [5.74, 6) is 0. The zero-order chi connectivity index (χ0) is 20.6. The summed E-state index contributed by atoms with van der Waals surface area (Å²) in [6.45, 7) is 2.77. The Morgan fingerprint density at radius 3 is 1.70 bits per heavy atom. The molecule has 148 valence electrons. The summed E-state index contributed by atoms with van der Waals surface area (Å²) in [5, 5.41) is 0. The Balaban J connectivity index is 2.43. The molecule has 0 saturated heterocycles. The van der Waals surface area contributed by atoms with Gasteiger partial charge in [-0.3, -0.25) is 4.18 Å². The molecule has 0 fully saturated rings. The molecule has 1 atom stereocenters. The normalized spacial score (nSPS) is 14.2. The minimum Gasteiger partial charge on any atom is -0.258 e. The van der Waals surface area contributed by atoms with Crippen LogP contribution in [0, 0.1) is 6.92 Å². The van der Waals surface area contributed by atoms with Gasteiger partial charge in [0.2, 0.25) is 0 Å². The second kappa shape index (κ2) is 7.16. The summed E-state index contributed by atoms with van der Waals surface area (Å²) in [6.07, 6.45) is -11.6. The standard InChI is InChI=1S/C17H14F6O3S/c1-10-3-5-15(6-4-10)27(24,25)26-11(2)12-7-13(16(18,19)20)9-14(8-12)17(21,22)23/h3-9,11H,1-2H3/t11-/m0/s1. The minimum absolute atomic E-state index is 0.0370. The molecule has 2 aromatic carbocycles. The first-order chi connectivity index (χ1) is 12.2. The molecule has 0 amide bonds. The second-order valence-corrected chi connectivity index (χ2v) is 7.42. The first-order valence-corrected chi connectivity index (χ1v) is 8.90. The third kappa shape index (κ3) is 5.23. The van der Waals surface area contributed by atoms with Gasteiger partial charge in [0.1, 0.15) is 0 Å². The fourth-order valence-electron chi connectivity index (χ4n) is 2.22. The third-order valence-corrected chi connectivity index (χ3v) is 5.05. The molecular weight excluding hydrogens is 398 g/mol. The molecule has 0 heterocycles. The summed E-state index contributed by atoms with van der Waals surface area (Å²) in [4.78, 5) is -0.261. The van der Waals surface area contributed by atoms with Crippen molar-refractivity contribution in [2.75, 3.05) is 0 Å². The number of alkyl halides is 6. The van der Waals surface area contributed by atoms with Gasteiger partial charge in [0.25, 0.3) is 10.1 Å². The lowest BCUT2D eigenvalue weighted by atomic mass is 10.0. The van der Waals surface area contributed by atoms with Crippen molar-refractivity contribution in [3.05, 3.63) is 64.7 Å². The van der Waals surface area contributed by atoms with Crippen molar-refractivity contribution in [1.82, 2.24) is 0 Å². The van der Waals surface area contributed by atoms with Crippen LogP contribution in [0.2, 0.25) is 0 Å². The fourth-order valence-corrected chi connectivity index (χ4v) is 3.29. The van der Waals surface area contributed by atoms with Crippen LogP contribution in [0.5, 0.6) is 0 Å². The Bertz CT molecular complexity index is 883. The monoisotopic (exact) mass is 412 g/mol. The Hall–Kier alpha value is -2.07. The van der Waals surface area contributed by atoms with Gasteiger partial charge < -0.3 is 0 Å². The van der Waals surface area contributed by atoms with E-state index < -0.39 is 45.3 Å². The minimum atomic E-state index is -5.04. The van der Waals surface area contributed by atoms with Crippen LogP contribution in [0.25, 0.3) is 0 Å². The highest BCUT2D eigenvalue weighted by Crippen LogP contribution is 2.38. The number of halogens is 6. The van der Waals surface area contributed by atoms with E-state index in [1.165, 1.54) is 24.3 Å². The molecular formula is C17H14F6O3S. The molecule has 0 radical (unpaired) electrons. The zero-order valence-electron chi connectivity index (χ0n) is 14.0. The van der Waals surface area contributed by atoms with Gasteiger partial charge in [-0.25, -0.2) is 0 Å². The molecule has 3 nitrogen and oxygen atoms in total. The van der Waals surface area contributed by atoms with Gasteiger partial charge in [-0.1, -0.05) is 17.7 Å². The number of aryl methyl sites for hydroxylation is 1. The highest BCUT2D eigenvalue weighted by molar-refractivity contribution is 7.86. The molecule has 10 heteroatoms. The van der Waals surface area contributed by atoms with E-state index in [2.05, 4.69) is 0 Å². The van der Waals surface area contributed by atoms with E-state index in [1.54, 1.807) is 6.92 Å². The maximum atomic E-state index is 12.9. The van der Waals surface area contributed by atoms with Gasteiger partial charge >= 0.3 is 12.4 Å². The third-order valence-electron chi connectivity index (χ3n) is 3.66. The Labute approximate surface area is 151 Å². The SMILES string of the molecule is Cc1ccc(S(=O)(=O)O[C@@H](C)c2cc(C(F)(F)F)cc(C(F)(F)F)c2)cc1. The van der Waals surface area contributed by atoms with Crippen molar-refractivity contribution < 1.29 is 38.9 Å². The van der Waals surface area contributed by atoms with Crippen LogP contribution in [0.3, 0.4) is 0 Å². The van der Waals surface area contributed by atoms with E-state index in [9.17, 15) is 34.8 Å². The van der Waals surface area contributed by atoms with Crippen LogP contribution >= 0.6 is 0 Å². The maximum Gasteiger partial charge on any atom is 0.416 e. The molecule has 0 N–H and O–H groups in total. The molecule has 0 aliphatic carbocycles. The van der Waals surface area contributed by atoms with Crippen LogP contribution in [-0.2, 0) is 26.7 Å². The molecule has 0 aromatic heterocycles. The second-order valence-electron chi connectivity index (χ2n) is 5.84. The first kappa shape index (κ1) is 21.2. The molecule has 2 aromatic rings. The first-order valence-electron chi connectivity index (χ1n) is 7.49. The highest BCUT2D eigenvalue weighted by Gasteiger charge is 2.37. The molecule has 0 aliphatic heterocycles. The lowest BCUT2D eigenvalue weighted by Crippen LogP contribution is -2.15. The number of hydrogen-bond donors (Lipinski definition) is 0. The van der Waals surface area contributed by atoms with Crippen molar-refractivity contribution >= 4 is 10.1 Å². The van der Waals surface area contributed by atoms with E-state index in [-0.39, 0.29) is 11.0 Å². The Kier molecular flexibility index (Phi) is 5.63. The van der Waals surface area contributed by atoms with E-state index in [0.29, 0.717) is 12.1 Å². The van der Waals surface area contributed by atoms with Crippen molar-refractivity contribution in [1.29, 1.82) is 0 Å². The van der Waals surface area contributed by atoms with Crippen LogP contribution in [-0.4, -0.2) is 8.42 Å². The fraction of sp³-hybridized carbons (Fsp3) is 0.294. The van der Waals surface area contributed by atoms with Crippen molar-refractivity contribution in [2.45, 2.75) is 37.2 Å². The van der Waals surface area contributed by atoms with Gasteiger partial charge in [0, 0.05) is 0 Å². The van der Waals surface area contributed by atoms with E-state index >= 15 is 0 Å². The molecule has 0 bridgehead atoms. The van der Waals surface area contributed by atoms with Crippen LogP contribution < -0.4 is 0 Å². The molecule has 0 saturated carbocycles. The largest absolute Gasteiger partial charge is 0.416 e. The summed E-state index contributed by atoms with van der Waals surface area (Å²) in [6, 6.07) is 6.25. The summed E-state index contributed by atoms with van der Waals surface area (Å²) >= 11 is 0. The molecule has 0 aliphatic rings. The number of hydrogen-bond acceptors (Lipinski definition) is 3. The van der Waals surface area contributed by atoms with Crippen molar-refractivity contribution in [3.63, 3.8) is 0 Å². The summed E-state index contributed by atoms with van der Waals surface area (Å²) < 4.78 is 107.